The van der Waals surface area contributed by atoms with E-state index in [4.69, 9.17) is 5.26 Å². The van der Waals surface area contributed by atoms with Crippen molar-refractivity contribution < 1.29 is 8.42 Å². The van der Waals surface area contributed by atoms with E-state index in [1.54, 1.807) is 6.07 Å². The van der Waals surface area contributed by atoms with Gasteiger partial charge in [0.05, 0.1) is 16.5 Å². The lowest BCUT2D eigenvalue weighted by molar-refractivity contribution is 0.589. The van der Waals surface area contributed by atoms with Gasteiger partial charge in [0.25, 0.3) is 0 Å². The smallest absolute Gasteiger partial charge is 0.207 e. The second-order valence-electron chi connectivity index (χ2n) is 2.76. The van der Waals surface area contributed by atoms with Crippen molar-refractivity contribution in [1.29, 1.82) is 5.26 Å². The van der Waals surface area contributed by atoms with Gasteiger partial charge in [-0.05, 0) is 23.8 Å². The first-order valence-electron chi connectivity index (χ1n) is 3.66. The Bertz CT molecular complexity index is 499. The minimum atomic E-state index is -3.29. The summed E-state index contributed by atoms with van der Waals surface area (Å²) in [6.45, 7) is 0.285. The van der Waals surface area contributed by atoms with E-state index in [0.717, 1.165) is 0 Å². The maximum atomic E-state index is 11.3. The molecule has 0 saturated heterocycles. The highest BCUT2D eigenvalue weighted by atomic mass is 32.2. The molecule has 0 amide bonds. The van der Waals surface area contributed by atoms with Crippen molar-refractivity contribution in [3.63, 3.8) is 0 Å². The summed E-state index contributed by atoms with van der Waals surface area (Å²) in [5, 5.41) is 8.58. The summed E-state index contributed by atoms with van der Waals surface area (Å²) in [6.07, 6.45) is 0. The maximum Gasteiger partial charge on any atom is 0.241 e. The van der Waals surface area contributed by atoms with Gasteiger partial charge < -0.3 is 0 Å². The van der Waals surface area contributed by atoms with Crippen LogP contribution in [0.1, 0.15) is 11.1 Å². The molecule has 1 aromatic carbocycles. The van der Waals surface area contributed by atoms with E-state index in [-0.39, 0.29) is 11.4 Å². The summed E-state index contributed by atoms with van der Waals surface area (Å²) < 4.78 is 24.9. The Labute approximate surface area is 75.9 Å². The van der Waals surface area contributed by atoms with E-state index >= 15 is 0 Å². The average molecular weight is 194 g/mol. The van der Waals surface area contributed by atoms with E-state index in [2.05, 4.69) is 4.72 Å². The molecule has 13 heavy (non-hydrogen) atoms. The number of hydrogen-bond donors (Lipinski definition) is 1. The van der Waals surface area contributed by atoms with Crippen molar-refractivity contribution in [1.82, 2.24) is 4.72 Å². The van der Waals surface area contributed by atoms with Crippen LogP contribution in [0.5, 0.6) is 0 Å². The summed E-state index contributed by atoms with van der Waals surface area (Å²) in [5.74, 6) is 0. The third-order valence-electron chi connectivity index (χ3n) is 1.93. The van der Waals surface area contributed by atoms with Gasteiger partial charge >= 0.3 is 0 Å². The van der Waals surface area contributed by atoms with E-state index < -0.39 is 10.0 Å². The Hall–Kier alpha value is -1.38. The minimum Gasteiger partial charge on any atom is -0.207 e. The number of hydrogen-bond acceptors (Lipinski definition) is 3. The zero-order valence-electron chi connectivity index (χ0n) is 6.61. The standard InChI is InChI=1S/C8H6N2O2S/c9-4-6-1-2-8-7(3-6)5-10-13(8,11)12/h1-3,10H,5H2. The molecule has 0 fully saturated rings. The van der Waals surface area contributed by atoms with Crippen molar-refractivity contribution >= 4 is 10.0 Å². The molecular formula is C8H6N2O2S. The van der Waals surface area contributed by atoms with Gasteiger partial charge in [-0.25, -0.2) is 13.1 Å². The molecule has 0 aromatic heterocycles. The number of nitrogens with one attached hydrogen (secondary N) is 1. The molecule has 0 bridgehead atoms. The highest BCUT2D eigenvalue weighted by Gasteiger charge is 2.24. The summed E-state index contributed by atoms with van der Waals surface area (Å²) in [7, 11) is -3.29. The van der Waals surface area contributed by atoms with Crippen LogP contribution in [-0.4, -0.2) is 8.42 Å². The first kappa shape index (κ1) is 8.23. The molecule has 1 aromatic rings. The van der Waals surface area contributed by atoms with Gasteiger partial charge in [0, 0.05) is 6.54 Å². The lowest BCUT2D eigenvalue weighted by Gasteiger charge is -1.95. The summed E-state index contributed by atoms with van der Waals surface area (Å²) in [6, 6.07) is 6.52. The molecule has 5 heteroatoms. The Balaban J connectivity index is 2.67. The zero-order chi connectivity index (χ0) is 9.47. The van der Waals surface area contributed by atoms with Crippen LogP contribution in [-0.2, 0) is 16.6 Å². The lowest BCUT2D eigenvalue weighted by atomic mass is 10.1. The molecule has 0 radical (unpaired) electrons. The number of sulfonamides is 1. The van der Waals surface area contributed by atoms with Gasteiger partial charge in [-0.3, -0.25) is 0 Å². The van der Waals surface area contributed by atoms with Crippen molar-refractivity contribution in [3.05, 3.63) is 29.3 Å². The van der Waals surface area contributed by atoms with Gasteiger partial charge in [-0.15, -0.1) is 0 Å². The van der Waals surface area contributed by atoms with Crippen LogP contribution in [0.2, 0.25) is 0 Å². The lowest BCUT2D eigenvalue weighted by Crippen LogP contribution is -2.13. The SMILES string of the molecule is N#Cc1ccc2c(c1)CNS2(=O)=O. The Morgan fingerprint density at radius 2 is 2.23 bits per heavy atom. The van der Waals surface area contributed by atoms with Gasteiger partial charge in [0.2, 0.25) is 10.0 Å². The molecule has 1 N–H and O–H groups in total. The largest absolute Gasteiger partial charge is 0.241 e. The molecule has 0 saturated carbocycles. The van der Waals surface area contributed by atoms with Crippen LogP contribution >= 0.6 is 0 Å². The molecule has 66 valence electrons. The number of benzene rings is 1. The number of nitriles is 1. The highest BCUT2D eigenvalue weighted by molar-refractivity contribution is 7.89. The van der Waals surface area contributed by atoms with Gasteiger partial charge in [-0.1, -0.05) is 0 Å². The highest BCUT2D eigenvalue weighted by Crippen LogP contribution is 2.22. The second-order valence-corrected chi connectivity index (χ2v) is 4.49. The molecule has 1 aliphatic rings. The van der Waals surface area contributed by atoms with E-state index in [0.29, 0.717) is 11.1 Å². The fraction of sp³-hybridized carbons (Fsp3) is 0.125. The summed E-state index contributed by atoms with van der Waals surface area (Å²) in [5.41, 5.74) is 1.15. The Kier molecular flexibility index (Phi) is 1.62. The normalized spacial score (nSPS) is 17.8. The molecule has 0 aliphatic carbocycles. The summed E-state index contributed by atoms with van der Waals surface area (Å²) >= 11 is 0. The number of fused-ring (bicyclic) bond motifs is 1. The van der Waals surface area contributed by atoms with Crippen LogP contribution in [0.25, 0.3) is 0 Å². The summed E-state index contributed by atoms with van der Waals surface area (Å²) in [4.78, 5) is 0.284. The quantitative estimate of drug-likeness (QED) is 0.647. The predicted octanol–water partition coefficient (Wildman–Crippen LogP) is 0.350. The van der Waals surface area contributed by atoms with Crippen molar-refractivity contribution in [2.75, 3.05) is 0 Å². The van der Waals surface area contributed by atoms with E-state index in [1.807, 2.05) is 6.07 Å². The second kappa shape index (κ2) is 2.55. The minimum absolute atomic E-state index is 0.284. The first-order chi connectivity index (χ1) is 6.13. The van der Waals surface area contributed by atoms with Crippen LogP contribution < -0.4 is 4.72 Å². The van der Waals surface area contributed by atoms with Crippen molar-refractivity contribution in [3.8, 4) is 6.07 Å². The molecule has 1 heterocycles. The average Bonchev–Trinajstić information content (AvgIpc) is 2.42. The molecular weight excluding hydrogens is 188 g/mol. The molecule has 0 atom stereocenters. The van der Waals surface area contributed by atoms with Crippen LogP contribution in [0, 0.1) is 11.3 Å². The molecule has 1 aliphatic heterocycles. The maximum absolute atomic E-state index is 11.3. The van der Waals surface area contributed by atoms with Crippen LogP contribution in [0.15, 0.2) is 23.1 Å². The van der Waals surface area contributed by atoms with Crippen LogP contribution in [0.4, 0.5) is 0 Å². The monoisotopic (exact) mass is 194 g/mol. The Morgan fingerprint density at radius 3 is 2.92 bits per heavy atom. The number of nitrogens with zero attached hydrogens (tertiary/aromatic N) is 1. The zero-order valence-corrected chi connectivity index (χ0v) is 7.43. The fourth-order valence-corrected chi connectivity index (χ4v) is 2.52. The third kappa shape index (κ3) is 1.20. The van der Waals surface area contributed by atoms with Gasteiger partial charge in [0.1, 0.15) is 0 Å². The molecule has 4 nitrogen and oxygen atoms in total. The predicted molar refractivity (Wildman–Crippen MR) is 45.2 cm³/mol. The van der Waals surface area contributed by atoms with Crippen LogP contribution in [0.3, 0.4) is 0 Å². The molecule has 2 rings (SSSR count). The van der Waals surface area contributed by atoms with Gasteiger partial charge in [-0.2, -0.15) is 5.26 Å². The van der Waals surface area contributed by atoms with E-state index in [1.165, 1.54) is 12.1 Å². The number of rotatable bonds is 0. The third-order valence-corrected chi connectivity index (χ3v) is 3.43. The Morgan fingerprint density at radius 1 is 1.46 bits per heavy atom. The van der Waals surface area contributed by atoms with Crippen molar-refractivity contribution in [2.45, 2.75) is 11.4 Å². The van der Waals surface area contributed by atoms with Gasteiger partial charge in [0.15, 0.2) is 0 Å². The molecule has 0 unspecified atom stereocenters. The topological polar surface area (TPSA) is 70.0 Å². The van der Waals surface area contributed by atoms with Crippen molar-refractivity contribution in [2.24, 2.45) is 0 Å². The first-order valence-corrected chi connectivity index (χ1v) is 5.14. The molecule has 0 spiro atoms. The van der Waals surface area contributed by atoms with E-state index in [9.17, 15) is 8.42 Å². The fourth-order valence-electron chi connectivity index (χ4n) is 1.30.